The van der Waals surface area contributed by atoms with Crippen LogP contribution in [0.15, 0.2) is 66.9 Å². The Morgan fingerprint density at radius 2 is 1.53 bits per heavy atom. The Kier molecular flexibility index (Phi) is 6.96. The maximum Gasteiger partial charge on any atom is 0.226 e. The minimum absolute atomic E-state index is 0.102. The number of hydrogen-bond donors (Lipinski definition) is 1. The first-order valence-corrected chi connectivity index (χ1v) is 10.3. The number of pyridine rings is 1. The summed E-state index contributed by atoms with van der Waals surface area (Å²) in [5.41, 5.74) is 10.3. The number of benzene rings is 2. The standard InChI is InChI=1S/C25H27N3O2/c1-3-25(30)28(4-2)22-13-11-20(12-14-22)19-7-9-21(10-8-19)23(29)15-5-18-6-16-24(26)27-17-18/h6-14,16-17H,3-5,15H2,1-2H3,(H2,26,27). The van der Waals surface area contributed by atoms with Crippen LogP contribution in [-0.4, -0.2) is 23.2 Å². The molecule has 1 aromatic heterocycles. The maximum atomic E-state index is 12.5. The van der Waals surface area contributed by atoms with E-state index < -0.39 is 0 Å². The Morgan fingerprint density at radius 3 is 2.07 bits per heavy atom. The average Bonchev–Trinajstić information content (AvgIpc) is 2.79. The molecule has 0 fully saturated rings. The monoisotopic (exact) mass is 401 g/mol. The smallest absolute Gasteiger partial charge is 0.226 e. The lowest BCUT2D eigenvalue weighted by molar-refractivity contribution is -0.118. The zero-order chi connectivity index (χ0) is 21.5. The summed E-state index contributed by atoms with van der Waals surface area (Å²) < 4.78 is 0. The molecule has 5 heteroatoms. The van der Waals surface area contributed by atoms with Crippen molar-refractivity contribution in [3.05, 3.63) is 78.0 Å². The lowest BCUT2D eigenvalue weighted by atomic mass is 9.99. The van der Waals surface area contributed by atoms with Crippen LogP contribution < -0.4 is 10.6 Å². The highest BCUT2D eigenvalue weighted by Gasteiger charge is 2.12. The van der Waals surface area contributed by atoms with E-state index in [1.54, 1.807) is 17.2 Å². The van der Waals surface area contributed by atoms with Gasteiger partial charge in [0.15, 0.2) is 5.78 Å². The maximum absolute atomic E-state index is 12.5. The fourth-order valence-corrected chi connectivity index (χ4v) is 3.36. The number of nitrogens with zero attached hydrogens (tertiary/aromatic N) is 2. The van der Waals surface area contributed by atoms with Crippen LogP contribution in [0.3, 0.4) is 0 Å². The number of anilines is 2. The van der Waals surface area contributed by atoms with E-state index in [0.29, 0.717) is 37.2 Å². The predicted molar refractivity (Wildman–Crippen MR) is 121 cm³/mol. The Labute approximate surface area is 177 Å². The van der Waals surface area contributed by atoms with Gasteiger partial charge in [-0.25, -0.2) is 4.98 Å². The number of carbonyl (C=O) groups is 2. The predicted octanol–water partition coefficient (Wildman–Crippen LogP) is 4.91. The second kappa shape index (κ2) is 9.83. The van der Waals surface area contributed by atoms with Crippen LogP contribution in [0.1, 0.15) is 42.6 Å². The van der Waals surface area contributed by atoms with Crippen molar-refractivity contribution >= 4 is 23.2 Å². The third-order valence-electron chi connectivity index (χ3n) is 5.13. The third kappa shape index (κ3) is 5.11. The number of nitrogen functional groups attached to an aromatic ring is 1. The minimum Gasteiger partial charge on any atom is -0.384 e. The van der Waals surface area contributed by atoms with Gasteiger partial charge >= 0.3 is 0 Å². The molecule has 1 amide bonds. The Balaban J connectivity index is 1.65. The minimum atomic E-state index is 0.102. The van der Waals surface area contributed by atoms with Crippen molar-refractivity contribution in [2.24, 2.45) is 0 Å². The number of nitrogens with two attached hydrogens (primary N) is 1. The fraction of sp³-hybridized carbons (Fsp3) is 0.240. The fourth-order valence-electron chi connectivity index (χ4n) is 3.36. The number of amides is 1. The van der Waals surface area contributed by atoms with Crippen molar-refractivity contribution in [2.75, 3.05) is 17.2 Å². The van der Waals surface area contributed by atoms with Crippen molar-refractivity contribution in [3.63, 3.8) is 0 Å². The molecule has 0 radical (unpaired) electrons. The summed E-state index contributed by atoms with van der Waals surface area (Å²) >= 11 is 0. The van der Waals surface area contributed by atoms with Crippen LogP contribution in [0, 0.1) is 0 Å². The Morgan fingerprint density at radius 1 is 0.900 bits per heavy atom. The van der Waals surface area contributed by atoms with Crippen LogP contribution in [0.25, 0.3) is 11.1 Å². The van der Waals surface area contributed by atoms with Crippen molar-refractivity contribution < 1.29 is 9.59 Å². The first kappa shape index (κ1) is 21.2. The number of aromatic nitrogens is 1. The molecule has 5 nitrogen and oxygen atoms in total. The highest BCUT2D eigenvalue weighted by molar-refractivity contribution is 5.96. The van der Waals surface area contributed by atoms with E-state index in [0.717, 1.165) is 22.4 Å². The summed E-state index contributed by atoms with van der Waals surface area (Å²) in [5.74, 6) is 0.696. The molecule has 0 bridgehead atoms. The summed E-state index contributed by atoms with van der Waals surface area (Å²) in [4.78, 5) is 30.4. The lowest BCUT2D eigenvalue weighted by Crippen LogP contribution is -2.29. The number of ketones is 1. The number of aryl methyl sites for hydroxylation is 1. The molecule has 0 saturated heterocycles. The molecule has 3 rings (SSSR count). The Hall–Kier alpha value is -3.47. The van der Waals surface area contributed by atoms with Crippen molar-refractivity contribution in [3.8, 4) is 11.1 Å². The van der Waals surface area contributed by atoms with Gasteiger partial charge in [-0.2, -0.15) is 0 Å². The van der Waals surface area contributed by atoms with Crippen LogP contribution in [0.4, 0.5) is 11.5 Å². The van der Waals surface area contributed by atoms with E-state index in [-0.39, 0.29) is 11.7 Å². The van der Waals surface area contributed by atoms with Gasteiger partial charge in [-0.1, -0.05) is 49.4 Å². The van der Waals surface area contributed by atoms with Gasteiger partial charge in [0.1, 0.15) is 5.82 Å². The second-order valence-corrected chi connectivity index (χ2v) is 7.13. The average molecular weight is 402 g/mol. The molecular weight excluding hydrogens is 374 g/mol. The van der Waals surface area contributed by atoms with Gasteiger partial charge in [-0.05, 0) is 48.2 Å². The van der Waals surface area contributed by atoms with Gasteiger partial charge in [-0.15, -0.1) is 0 Å². The van der Waals surface area contributed by atoms with E-state index in [2.05, 4.69) is 4.98 Å². The first-order chi connectivity index (χ1) is 14.5. The largest absolute Gasteiger partial charge is 0.384 e. The van der Waals surface area contributed by atoms with Gasteiger partial charge in [-0.3, -0.25) is 9.59 Å². The van der Waals surface area contributed by atoms with Gasteiger partial charge < -0.3 is 10.6 Å². The summed E-state index contributed by atoms with van der Waals surface area (Å²) in [6, 6.07) is 19.2. The first-order valence-electron chi connectivity index (χ1n) is 10.3. The molecule has 0 aliphatic heterocycles. The molecular formula is C25H27N3O2. The summed E-state index contributed by atoms with van der Waals surface area (Å²) in [7, 11) is 0. The molecule has 3 aromatic rings. The number of hydrogen-bond acceptors (Lipinski definition) is 4. The van der Waals surface area contributed by atoms with Crippen molar-refractivity contribution in [2.45, 2.75) is 33.1 Å². The third-order valence-corrected chi connectivity index (χ3v) is 5.13. The van der Waals surface area contributed by atoms with Gasteiger partial charge in [0.05, 0.1) is 0 Å². The molecule has 154 valence electrons. The molecule has 2 N–H and O–H groups in total. The molecule has 0 unspecified atom stereocenters. The molecule has 0 aliphatic rings. The van der Waals surface area contributed by atoms with Gasteiger partial charge in [0.2, 0.25) is 5.91 Å². The molecule has 0 atom stereocenters. The van der Waals surface area contributed by atoms with E-state index >= 15 is 0 Å². The van der Waals surface area contributed by atoms with E-state index in [9.17, 15) is 9.59 Å². The summed E-state index contributed by atoms with van der Waals surface area (Å²) in [6.07, 6.45) is 3.26. The molecule has 0 saturated carbocycles. The molecule has 1 heterocycles. The van der Waals surface area contributed by atoms with Crippen molar-refractivity contribution in [1.82, 2.24) is 4.98 Å². The van der Waals surface area contributed by atoms with E-state index in [1.165, 1.54) is 0 Å². The van der Waals surface area contributed by atoms with E-state index in [4.69, 9.17) is 5.73 Å². The second-order valence-electron chi connectivity index (χ2n) is 7.13. The topological polar surface area (TPSA) is 76.3 Å². The van der Waals surface area contributed by atoms with Crippen LogP contribution >= 0.6 is 0 Å². The SMILES string of the molecule is CCC(=O)N(CC)c1ccc(-c2ccc(C(=O)CCc3ccc(N)nc3)cc2)cc1. The molecule has 30 heavy (non-hydrogen) atoms. The highest BCUT2D eigenvalue weighted by atomic mass is 16.2. The zero-order valence-corrected chi connectivity index (χ0v) is 17.5. The quantitative estimate of drug-likeness (QED) is 0.544. The number of rotatable bonds is 8. The van der Waals surface area contributed by atoms with Gasteiger partial charge in [0, 0.05) is 36.8 Å². The van der Waals surface area contributed by atoms with Crippen LogP contribution in [-0.2, 0) is 11.2 Å². The van der Waals surface area contributed by atoms with Crippen LogP contribution in [0.5, 0.6) is 0 Å². The summed E-state index contributed by atoms with van der Waals surface area (Å²) in [6.45, 7) is 4.49. The molecule has 0 aliphatic carbocycles. The summed E-state index contributed by atoms with van der Waals surface area (Å²) in [5, 5.41) is 0. The van der Waals surface area contributed by atoms with Crippen LogP contribution in [0.2, 0.25) is 0 Å². The Bertz CT molecular complexity index is 994. The zero-order valence-electron chi connectivity index (χ0n) is 17.5. The van der Waals surface area contributed by atoms with E-state index in [1.807, 2.05) is 68.4 Å². The van der Waals surface area contributed by atoms with Crippen molar-refractivity contribution in [1.29, 1.82) is 0 Å². The lowest BCUT2D eigenvalue weighted by Gasteiger charge is -2.20. The number of carbonyl (C=O) groups excluding carboxylic acids is 2. The normalized spacial score (nSPS) is 10.6. The molecule has 2 aromatic carbocycles. The highest BCUT2D eigenvalue weighted by Crippen LogP contribution is 2.24. The number of Topliss-reactive ketones (excluding diaryl/α,β-unsaturated/α-hetero) is 1. The van der Waals surface area contributed by atoms with Gasteiger partial charge in [0.25, 0.3) is 0 Å². The molecule has 0 spiro atoms.